The number of allylic oxidation sites excluding steroid dienone is 2. The van der Waals surface area contributed by atoms with Crippen molar-refractivity contribution in [1.29, 1.82) is 0 Å². The van der Waals surface area contributed by atoms with Gasteiger partial charge in [-0.2, -0.15) is 0 Å². The zero-order valence-corrected chi connectivity index (χ0v) is 10.4. The molecule has 2 heterocycles. The second-order valence-corrected chi connectivity index (χ2v) is 5.28. The monoisotopic (exact) mass is 254 g/mol. The first-order chi connectivity index (χ1) is 9.00. The molecule has 4 rings (SSSR count). The molecule has 0 fully saturated rings. The van der Waals surface area contributed by atoms with Gasteiger partial charge >= 0.3 is 0 Å². The van der Waals surface area contributed by atoms with Crippen LogP contribution in [0.15, 0.2) is 47.1 Å². The number of carbonyl (C=O) groups is 2. The number of carbonyl (C=O) groups excluding carboxylic acids is 2. The third-order valence-electron chi connectivity index (χ3n) is 3.58. The van der Waals surface area contributed by atoms with Gasteiger partial charge in [-0.1, -0.05) is 24.3 Å². The van der Waals surface area contributed by atoms with Crippen molar-refractivity contribution < 1.29 is 19.1 Å². The molecule has 0 aromatic heterocycles. The summed E-state index contributed by atoms with van der Waals surface area (Å²) in [7, 11) is 0. The maximum Gasteiger partial charge on any atom is 0.229 e. The minimum atomic E-state index is -0.684. The van der Waals surface area contributed by atoms with E-state index in [2.05, 4.69) is 0 Å². The Kier molecular flexibility index (Phi) is 1.65. The van der Waals surface area contributed by atoms with Gasteiger partial charge < -0.3 is 9.47 Å². The Morgan fingerprint density at radius 3 is 2.26 bits per heavy atom. The SMILES string of the molecule is CC1(C)OC2=C(C(=O)c3ccccc3C2=O)C2=C1O2. The van der Waals surface area contributed by atoms with E-state index < -0.39 is 5.60 Å². The molecule has 94 valence electrons. The minimum Gasteiger partial charge on any atom is -0.475 e. The van der Waals surface area contributed by atoms with E-state index in [1.165, 1.54) is 0 Å². The van der Waals surface area contributed by atoms with Crippen molar-refractivity contribution in [3.05, 3.63) is 58.2 Å². The summed E-state index contributed by atoms with van der Waals surface area (Å²) in [6.45, 7) is 3.63. The molecular formula is C15H10O4. The van der Waals surface area contributed by atoms with Crippen LogP contribution in [0.1, 0.15) is 34.6 Å². The molecule has 0 N–H and O–H groups in total. The van der Waals surface area contributed by atoms with E-state index in [0.717, 1.165) is 0 Å². The maximum absolute atomic E-state index is 12.4. The molecule has 3 aliphatic rings. The molecule has 0 radical (unpaired) electrons. The summed E-state index contributed by atoms with van der Waals surface area (Å²) in [4.78, 5) is 24.9. The smallest absolute Gasteiger partial charge is 0.229 e. The summed E-state index contributed by atoms with van der Waals surface area (Å²) in [5.41, 5.74) is 0.401. The van der Waals surface area contributed by atoms with Crippen LogP contribution in [0.4, 0.5) is 0 Å². The number of ketones is 2. The van der Waals surface area contributed by atoms with Crippen molar-refractivity contribution in [1.82, 2.24) is 0 Å². The first kappa shape index (κ1) is 10.6. The highest BCUT2D eigenvalue weighted by atomic mass is 16.6. The van der Waals surface area contributed by atoms with Crippen LogP contribution in [0.2, 0.25) is 0 Å². The lowest BCUT2D eigenvalue weighted by Gasteiger charge is -2.27. The van der Waals surface area contributed by atoms with Crippen molar-refractivity contribution in [2.45, 2.75) is 19.4 Å². The highest BCUT2D eigenvalue weighted by Gasteiger charge is 2.53. The molecule has 0 bridgehead atoms. The summed E-state index contributed by atoms with van der Waals surface area (Å²) < 4.78 is 11.1. The van der Waals surface area contributed by atoms with Crippen LogP contribution in [0.25, 0.3) is 0 Å². The molecule has 1 aromatic carbocycles. The molecule has 0 unspecified atom stereocenters. The fourth-order valence-corrected chi connectivity index (χ4v) is 2.60. The Morgan fingerprint density at radius 2 is 1.58 bits per heavy atom. The number of ether oxygens (including phenoxy) is 2. The molecule has 2 aliphatic heterocycles. The van der Waals surface area contributed by atoms with Crippen molar-refractivity contribution >= 4 is 11.6 Å². The summed E-state index contributed by atoms with van der Waals surface area (Å²) in [6, 6.07) is 6.78. The number of benzene rings is 1. The van der Waals surface area contributed by atoms with Crippen LogP contribution in [0.5, 0.6) is 0 Å². The van der Waals surface area contributed by atoms with Crippen LogP contribution in [0.3, 0.4) is 0 Å². The summed E-state index contributed by atoms with van der Waals surface area (Å²) in [5, 5.41) is 0. The van der Waals surface area contributed by atoms with E-state index >= 15 is 0 Å². The van der Waals surface area contributed by atoms with E-state index in [0.29, 0.717) is 22.6 Å². The van der Waals surface area contributed by atoms with Crippen LogP contribution in [0, 0.1) is 0 Å². The van der Waals surface area contributed by atoms with Crippen molar-refractivity contribution in [3.8, 4) is 0 Å². The summed E-state index contributed by atoms with van der Waals surface area (Å²) in [5.74, 6) is 0.821. The van der Waals surface area contributed by atoms with Gasteiger partial charge in [0.15, 0.2) is 22.9 Å². The van der Waals surface area contributed by atoms with Crippen LogP contribution in [-0.2, 0) is 9.47 Å². The first-order valence-electron chi connectivity index (χ1n) is 6.05. The lowest BCUT2D eigenvalue weighted by atomic mass is 9.86. The standard InChI is InChI=1S/C15H10O4/c1-15(2)14-13(18-14)9-10(16)7-5-3-4-6-8(7)11(17)12(9)19-15/h3-6H,1-2H3. The van der Waals surface area contributed by atoms with Crippen LogP contribution < -0.4 is 0 Å². The van der Waals surface area contributed by atoms with Crippen molar-refractivity contribution in [2.75, 3.05) is 0 Å². The summed E-state index contributed by atoms with van der Waals surface area (Å²) in [6.07, 6.45) is 0. The maximum atomic E-state index is 12.4. The lowest BCUT2D eigenvalue weighted by Crippen LogP contribution is -2.32. The van der Waals surface area contributed by atoms with E-state index in [4.69, 9.17) is 9.47 Å². The molecule has 19 heavy (non-hydrogen) atoms. The topological polar surface area (TPSA) is 55.9 Å². The average Bonchev–Trinajstić information content (AvgIpc) is 3.16. The molecule has 0 spiro atoms. The highest BCUT2D eigenvalue weighted by Crippen LogP contribution is 2.51. The van der Waals surface area contributed by atoms with Gasteiger partial charge in [-0.15, -0.1) is 0 Å². The zero-order valence-electron chi connectivity index (χ0n) is 10.4. The summed E-state index contributed by atoms with van der Waals surface area (Å²) >= 11 is 0. The van der Waals surface area contributed by atoms with Crippen LogP contribution >= 0.6 is 0 Å². The molecule has 0 atom stereocenters. The van der Waals surface area contributed by atoms with Gasteiger partial charge in [0, 0.05) is 11.1 Å². The van der Waals surface area contributed by atoms with Gasteiger partial charge in [-0.05, 0) is 13.8 Å². The fourth-order valence-electron chi connectivity index (χ4n) is 2.60. The van der Waals surface area contributed by atoms with E-state index in [1.54, 1.807) is 24.3 Å². The van der Waals surface area contributed by atoms with Gasteiger partial charge in [0.2, 0.25) is 11.6 Å². The lowest BCUT2D eigenvalue weighted by molar-refractivity contribution is 0.0434. The molecule has 0 amide bonds. The molecule has 1 aromatic rings. The largest absolute Gasteiger partial charge is 0.475 e. The Bertz CT molecular complexity index is 734. The van der Waals surface area contributed by atoms with Gasteiger partial charge in [0.25, 0.3) is 0 Å². The number of Topliss-reactive ketones (excluding diaryl/α,β-unsaturated/α-hetero) is 2. The fraction of sp³-hybridized carbons (Fsp3) is 0.200. The van der Waals surface area contributed by atoms with Crippen LogP contribution in [-0.4, -0.2) is 17.2 Å². The van der Waals surface area contributed by atoms with Gasteiger partial charge in [0.1, 0.15) is 5.57 Å². The van der Waals surface area contributed by atoms with E-state index in [9.17, 15) is 9.59 Å². The quantitative estimate of drug-likeness (QED) is 0.713. The van der Waals surface area contributed by atoms with E-state index in [1.807, 2.05) is 13.8 Å². The predicted octanol–water partition coefficient (Wildman–Crippen LogP) is 2.37. The first-order valence-corrected chi connectivity index (χ1v) is 6.05. The number of hydrogen-bond acceptors (Lipinski definition) is 4. The average molecular weight is 254 g/mol. The van der Waals surface area contributed by atoms with Crippen molar-refractivity contribution in [3.63, 3.8) is 0 Å². The highest BCUT2D eigenvalue weighted by molar-refractivity contribution is 6.28. The number of rotatable bonds is 0. The zero-order chi connectivity index (χ0) is 13.4. The van der Waals surface area contributed by atoms with Gasteiger partial charge in [-0.3, -0.25) is 9.59 Å². The van der Waals surface area contributed by atoms with Gasteiger partial charge in [0.05, 0.1) is 0 Å². The second-order valence-electron chi connectivity index (χ2n) is 5.28. The molecule has 0 saturated carbocycles. The Hall–Kier alpha value is -2.36. The van der Waals surface area contributed by atoms with E-state index in [-0.39, 0.29) is 22.9 Å². The second kappa shape index (κ2) is 2.96. The van der Waals surface area contributed by atoms with Gasteiger partial charge in [-0.25, -0.2) is 0 Å². The predicted molar refractivity (Wildman–Crippen MR) is 65.4 cm³/mol. The van der Waals surface area contributed by atoms with Crippen molar-refractivity contribution in [2.24, 2.45) is 0 Å². The molecule has 0 saturated heterocycles. The Labute approximate surface area is 109 Å². The minimum absolute atomic E-state index is 0.116. The third kappa shape index (κ3) is 1.18. The Morgan fingerprint density at radius 1 is 0.947 bits per heavy atom. The molecule has 4 nitrogen and oxygen atoms in total. The number of hydrogen-bond donors (Lipinski definition) is 0. The third-order valence-corrected chi connectivity index (χ3v) is 3.58. The molecule has 4 heteroatoms. The number of fused-ring (bicyclic) bond motifs is 2. The molecule has 1 aliphatic carbocycles. The Balaban J connectivity index is 1.97. The normalized spacial score (nSPS) is 22.2. The molecular weight excluding hydrogens is 244 g/mol.